The molecule has 0 N–H and O–H groups in total. The van der Waals surface area contributed by atoms with Gasteiger partial charge in [0.25, 0.3) is 0 Å². The largest absolute Gasteiger partial charge is 0.206 e. The van der Waals surface area contributed by atoms with Gasteiger partial charge in [-0.1, -0.05) is 285 Å². The minimum atomic E-state index is -0.677. The first kappa shape index (κ1) is 64.2. The summed E-state index contributed by atoms with van der Waals surface area (Å²) in [5, 5.41) is 0. The summed E-state index contributed by atoms with van der Waals surface area (Å²) in [5.41, 5.74) is 7.98. The van der Waals surface area contributed by atoms with Crippen molar-refractivity contribution in [3.63, 3.8) is 0 Å². The Kier molecular flexibility index (Phi) is 28.3. The van der Waals surface area contributed by atoms with E-state index in [1.807, 2.05) is 0 Å². The van der Waals surface area contributed by atoms with E-state index >= 15 is 8.78 Å². The van der Waals surface area contributed by atoms with E-state index in [9.17, 15) is 0 Å². The zero-order valence-electron chi connectivity index (χ0n) is 49.4. The number of hydrogen-bond acceptors (Lipinski definition) is 6. The van der Waals surface area contributed by atoms with Gasteiger partial charge in [0.05, 0.1) is 23.5 Å². The van der Waals surface area contributed by atoms with Crippen molar-refractivity contribution in [3.05, 3.63) is 53.2 Å². The smallest absolute Gasteiger partial charge is 0.136 e. The van der Waals surface area contributed by atoms with Crippen LogP contribution in [0.3, 0.4) is 0 Å². The number of nitrogens with zero attached hydrogens (tertiary/aromatic N) is 4. The number of hydrogen-bond donors (Lipinski definition) is 0. The standard InChI is InChI=1S/C68H102F2I2N4S2/c1-5-9-13-17-21-25-29-33-37-41-45-67(46-42-38-34-30-26-22-18-14-10-6-2)51-49-53(71)63-65(75-77-73-63)55(51)57-59(67)61(69)58-56-52(50-54(72)64-66(56)76-78-74-64)68(60(58)62(57)70,47-43-39-35-31-27-23-19-15-11-7-3)48-44-40-36-32-28-24-20-16-12-8-4/h49-50H,5-48H2,1-4H3. The van der Waals surface area contributed by atoms with Crippen LogP contribution in [-0.4, -0.2) is 17.5 Å². The predicted molar refractivity (Wildman–Crippen MR) is 352 cm³/mol. The molecule has 2 heterocycles. The Labute approximate surface area is 509 Å². The second kappa shape index (κ2) is 34.4. The molecule has 2 aliphatic carbocycles. The van der Waals surface area contributed by atoms with Gasteiger partial charge < -0.3 is 0 Å². The monoisotopic (exact) mass is 1330 g/mol. The number of rotatable bonds is 44. The molecule has 0 radical (unpaired) electrons. The molecule has 4 nitrogen and oxygen atoms in total. The van der Waals surface area contributed by atoms with Gasteiger partial charge in [-0.15, -0.1) is 0 Å². The molecule has 0 amide bonds. The maximum absolute atomic E-state index is 19.7. The highest BCUT2D eigenvalue weighted by Crippen LogP contribution is 2.65. The SMILES string of the molecule is CCCCCCCCCCCCC1(CCCCCCCCCCCC)c2cc(I)c3nsnc3c2-c2c(F)c3c(c(F)c21)-c1c(cc(I)c2nsnc12)C3(CCCCCCCCCCCC)CCCCCCCCCCCC. The molecule has 7 rings (SSSR count). The van der Waals surface area contributed by atoms with Crippen molar-refractivity contribution in [1.29, 1.82) is 0 Å². The number of benzene rings is 3. The van der Waals surface area contributed by atoms with Crippen LogP contribution in [0.15, 0.2) is 12.1 Å². The summed E-state index contributed by atoms with van der Waals surface area (Å²) >= 11 is 7.33. The van der Waals surface area contributed by atoms with E-state index in [1.165, 1.54) is 229 Å². The molecule has 0 atom stereocenters. The van der Waals surface area contributed by atoms with Gasteiger partial charge in [-0.3, -0.25) is 0 Å². The van der Waals surface area contributed by atoms with Gasteiger partial charge in [0.2, 0.25) is 0 Å². The molecule has 0 unspecified atom stereocenters. The molecule has 0 aliphatic heterocycles. The van der Waals surface area contributed by atoms with Gasteiger partial charge in [0.1, 0.15) is 33.7 Å². The number of fused-ring (bicyclic) bond motifs is 10. The van der Waals surface area contributed by atoms with Crippen molar-refractivity contribution in [2.24, 2.45) is 0 Å². The van der Waals surface area contributed by atoms with E-state index in [-0.39, 0.29) is 11.6 Å². The van der Waals surface area contributed by atoms with Gasteiger partial charge in [-0.05, 0) is 94.1 Å². The molecule has 434 valence electrons. The van der Waals surface area contributed by atoms with Crippen LogP contribution in [0.1, 0.15) is 332 Å². The molecule has 10 heteroatoms. The molecular weight excluding hydrogens is 1230 g/mol. The van der Waals surface area contributed by atoms with Gasteiger partial charge >= 0.3 is 0 Å². The zero-order valence-corrected chi connectivity index (χ0v) is 55.3. The summed E-state index contributed by atoms with van der Waals surface area (Å²) in [5.74, 6) is -0.374. The first-order valence-electron chi connectivity index (χ1n) is 32.8. The van der Waals surface area contributed by atoms with Gasteiger partial charge in [-0.25, -0.2) is 8.78 Å². The van der Waals surface area contributed by atoms with Crippen molar-refractivity contribution in [3.8, 4) is 22.3 Å². The topological polar surface area (TPSA) is 51.6 Å². The Morgan fingerprint density at radius 2 is 0.538 bits per heavy atom. The highest BCUT2D eigenvalue weighted by atomic mass is 127. The second-order valence-corrected chi connectivity index (χ2v) is 27.9. The van der Waals surface area contributed by atoms with Crippen LogP contribution in [0.25, 0.3) is 44.3 Å². The normalized spacial score (nSPS) is 14.1. The lowest BCUT2D eigenvalue weighted by molar-refractivity contribution is 0.374. The lowest BCUT2D eigenvalue weighted by Gasteiger charge is -2.35. The Morgan fingerprint density at radius 3 is 0.782 bits per heavy atom. The number of aromatic nitrogens is 4. The first-order valence-corrected chi connectivity index (χ1v) is 36.4. The molecule has 0 spiro atoms. The van der Waals surface area contributed by atoms with Crippen molar-refractivity contribution in [2.75, 3.05) is 0 Å². The minimum Gasteiger partial charge on any atom is -0.206 e. The lowest BCUT2D eigenvalue weighted by atomic mass is 9.68. The van der Waals surface area contributed by atoms with Crippen LogP contribution >= 0.6 is 68.6 Å². The lowest BCUT2D eigenvalue weighted by Crippen LogP contribution is -2.29. The van der Waals surface area contributed by atoms with Crippen molar-refractivity contribution < 1.29 is 8.78 Å². The molecule has 5 aromatic rings. The Bertz CT molecular complexity index is 2330. The van der Waals surface area contributed by atoms with Crippen LogP contribution in [0.2, 0.25) is 0 Å². The minimum absolute atomic E-state index is 0.187. The fraction of sp³-hybridized carbons (Fsp3) is 0.735. The van der Waals surface area contributed by atoms with E-state index in [2.05, 4.69) is 85.0 Å². The van der Waals surface area contributed by atoms with Crippen molar-refractivity contribution >= 4 is 90.7 Å². The molecule has 78 heavy (non-hydrogen) atoms. The number of halogens is 4. The van der Waals surface area contributed by atoms with E-state index in [0.29, 0.717) is 22.3 Å². The molecule has 2 aromatic heterocycles. The van der Waals surface area contributed by atoms with Gasteiger partial charge in [-0.2, -0.15) is 17.5 Å². The maximum atomic E-state index is 19.7. The third-order valence-corrected chi connectivity index (χ3v) is 21.4. The fourth-order valence-corrected chi connectivity index (χ4v) is 17.2. The van der Waals surface area contributed by atoms with E-state index in [1.54, 1.807) is 0 Å². The average molecular weight is 1330 g/mol. The van der Waals surface area contributed by atoms with Gasteiger partial charge in [0, 0.05) is 51.4 Å². The second-order valence-electron chi connectivity index (χ2n) is 24.5. The van der Waals surface area contributed by atoms with Crippen LogP contribution in [0, 0.1) is 18.8 Å². The summed E-state index contributed by atoms with van der Waals surface area (Å²) in [6.45, 7) is 9.16. The Balaban J connectivity index is 1.30. The first-order chi connectivity index (χ1) is 38.3. The molecule has 0 bridgehead atoms. The fourth-order valence-electron chi connectivity index (χ4n) is 14.3. The van der Waals surface area contributed by atoms with E-state index < -0.39 is 10.8 Å². The van der Waals surface area contributed by atoms with Crippen LogP contribution < -0.4 is 0 Å². The molecule has 0 fully saturated rings. The van der Waals surface area contributed by atoms with Crippen LogP contribution in [0.5, 0.6) is 0 Å². The molecule has 2 aliphatic rings. The highest BCUT2D eigenvalue weighted by molar-refractivity contribution is 14.1. The number of unbranched alkanes of at least 4 members (excludes halogenated alkanes) is 36. The third kappa shape index (κ3) is 16.1. The summed E-state index contributed by atoms with van der Waals surface area (Å²) in [6, 6.07) is 4.60. The third-order valence-electron chi connectivity index (χ3n) is 18.7. The summed E-state index contributed by atoms with van der Waals surface area (Å²) in [4.78, 5) is 0. The molecular formula is C68H102F2I2N4S2. The van der Waals surface area contributed by atoms with E-state index in [0.717, 1.165) is 129 Å². The summed E-state index contributed by atoms with van der Waals surface area (Å²) in [7, 11) is 0. The predicted octanol–water partition coefficient (Wildman–Crippen LogP) is 25.0. The molecule has 0 saturated carbocycles. The van der Waals surface area contributed by atoms with Crippen molar-refractivity contribution in [2.45, 2.75) is 321 Å². The Hall–Kier alpha value is -1.38. The Morgan fingerprint density at radius 1 is 0.321 bits per heavy atom. The highest BCUT2D eigenvalue weighted by Gasteiger charge is 2.54. The zero-order chi connectivity index (χ0) is 55.0. The average Bonchev–Trinajstić information content (AvgIpc) is 4.37. The van der Waals surface area contributed by atoms with Gasteiger partial charge in [0.15, 0.2) is 0 Å². The van der Waals surface area contributed by atoms with Crippen LogP contribution in [-0.2, 0) is 10.8 Å². The summed E-state index contributed by atoms with van der Waals surface area (Å²) < 4.78 is 61.4. The molecule has 3 aromatic carbocycles. The maximum Gasteiger partial charge on any atom is 0.136 e. The van der Waals surface area contributed by atoms with Crippen molar-refractivity contribution in [1.82, 2.24) is 17.5 Å². The van der Waals surface area contributed by atoms with E-state index in [4.69, 9.17) is 17.5 Å². The quantitative estimate of drug-likeness (QED) is 0.0288. The summed E-state index contributed by atoms with van der Waals surface area (Å²) in [6.07, 6.45) is 53.0. The van der Waals surface area contributed by atoms with Crippen LogP contribution in [0.4, 0.5) is 8.78 Å². The molecule has 0 saturated heterocycles.